The first-order chi connectivity index (χ1) is 10.1. The summed E-state index contributed by atoms with van der Waals surface area (Å²) in [5.74, 6) is 0.0644. The molecule has 0 fully saturated rings. The molecule has 0 saturated heterocycles. The predicted molar refractivity (Wildman–Crippen MR) is 92.1 cm³/mol. The molecule has 0 aliphatic heterocycles. The van der Waals surface area contributed by atoms with Crippen molar-refractivity contribution in [2.24, 2.45) is 0 Å². The van der Waals surface area contributed by atoms with Crippen LogP contribution in [0.4, 0.5) is 0 Å². The van der Waals surface area contributed by atoms with Gasteiger partial charge in [-0.1, -0.05) is 39.7 Å². The van der Waals surface area contributed by atoms with Crippen LogP contribution in [0.1, 0.15) is 21.5 Å². The van der Waals surface area contributed by atoms with Gasteiger partial charge in [0.2, 0.25) is 0 Å². The average Bonchev–Trinajstić information content (AvgIpc) is 3.01. The Morgan fingerprint density at radius 3 is 2.48 bits per heavy atom. The quantitative estimate of drug-likeness (QED) is 0.548. The molecule has 2 aromatic carbocycles. The summed E-state index contributed by atoms with van der Waals surface area (Å²) in [5, 5.41) is 2.03. The maximum Gasteiger partial charge on any atom is 0.193 e. The smallest absolute Gasteiger partial charge is 0.193 e. The number of thiophene rings is 1. The molecule has 0 N–H and O–H groups in total. The molecule has 0 aliphatic carbocycles. The third-order valence-electron chi connectivity index (χ3n) is 3.31. The molecule has 0 radical (unpaired) electrons. The molecule has 3 heteroatoms. The van der Waals surface area contributed by atoms with Crippen molar-refractivity contribution >= 4 is 33.0 Å². The van der Waals surface area contributed by atoms with Crippen molar-refractivity contribution < 1.29 is 4.79 Å². The minimum Gasteiger partial charge on any atom is -0.289 e. The lowest BCUT2D eigenvalue weighted by Gasteiger charge is -2.09. The Kier molecular flexibility index (Phi) is 4.04. The maximum absolute atomic E-state index is 12.8. The second-order valence-corrected chi connectivity index (χ2v) is 6.73. The van der Waals surface area contributed by atoms with E-state index in [1.54, 1.807) is 11.3 Å². The van der Waals surface area contributed by atoms with Gasteiger partial charge in [0, 0.05) is 26.0 Å². The largest absolute Gasteiger partial charge is 0.289 e. The van der Waals surface area contributed by atoms with Crippen LogP contribution in [0.5, 0.6) is 0 Å². The van der Waals surface area contributed by atoms with Crippen molar-refractivity contribution in [2.45, 2.75) is 6.92 Å². The summed E-state index contributed by atoms with van der Waals surface area (Å²) in [5.41, 5.74) is 3.57. The fourth-order valence-corrected chi connectivity index (χ4v) is 3.28. The SMILES string of the molecule is Cc1ccc(-c2cccs2)c(C(=O)c2ccc(Br)cc2)c1. The zero-order valence-corrected chi connectivity index (χ0v) is 13.9. The highest BCUT2D eigenvalue weighted by atomic mass is 79.9. The van der Waals surface area contributed by atoms with E-state index >= 15 is 0 Å². The number of carbonyl (C=O) groups is 1. The Bertz CT molecular complexity index is 773. The molecule has 3 aromatic rings. The van der Waals surface area contributed by atoms with Gasteiger partial charge in [0.05, 0.1) is 0 Å². The number of carbonyl (C=O) groups excluding carboxylic acids is 1. The molecule has 0 amide bonds. The summed E-state index contributed by atoms with van der Waals surface area (Å²) in [6.07, 6.45) is 0. The minimum atomic E-state index is 0.0644. The van der Waals surface area contributed by atoms with E-state index in [0.717, 1.165) is 26.0 Å². The van der Waals surface area contributed by atoms with E-state index in [2.05, 4.69) is 15.9 Å². The standard InChI is InChI=1S/C18H13BrOS/c1-12-4-9-15(17-3-2-10-21-17)16(11-12)18(20)13-5-7-14(19)8-6-13/h2-11H,1H3. The van der Waals surface area contributed by atoms with Crippen molar-refractivity contribution in [1.29, 1.82) is 0 Å². The Morgan fingerprint density at radius 1 is 1.05 bits per heavy atom. The van der Waals surface area contributed by atoms with Gasteiger partial charge in [0.1, 0.15) is 0 Å². The van der Waals surface area contributed by atoms with Crippen molar-refractivity contribution in [1.82, 2.24) is 0 Å². The van der Waals surface area contributed by atoms with Crippen LogP contribution in [0, 0.1) is 6.92 Å². The van der Waals surface area contributed by atoms with Crippen molar-refractivity contribution in [3.05, 3.63) is 81.1 Å². The summed E-state index contributed by atoms with van der Waals surface area (Å²) in [6.45, 7) is 2.01. The van der Waals surface area contributed by atoms with Crippen LogP contribution in [-0.4, -0.2) is 5.78 Å². The van der Waals surface area contributed by atoms with E-state index in [4.69, 9.17) is 0 Å². The first-order valence-corrected chi connectivity index (χ1v) is 8.27. The van der Waals surface area contributed by atoms with Crippen LogP contribution in [0.25, 0.3) is 10.4 Å². The Morgan fingerprint density at radius 2 is 1.81 bits per heavy atom. The number of ketones is 1. The molecule has 3 rings (SSSR count). The zero-order valence-electron chi connectivity index (χ0n) is 11.5. The molecule has 0 saturated carbocycles. The summed E-state index contributed by atoms with van der Waals surface area (Å²) in [7, 11) is 0. The topological polar surface area (TPSA) is 17.1 Å². The fraction of sp³-hybridized carbons (Fsp3) is 0.0556. The molecule has 1 heterocycles. The molecule has 1 nitrogen and oxygen atoms in total. The van der Waals surface area contributed by atoms with Crippen LogP contribution in [0.3, 0.4) is 0 Å². The lowest BCUT2D eigenvalue weighted by atomic mass is 9.96. The van der Waals surface area contributed by atoms with Crippen LogP contribution in [0.15, 0.2) is 64.5 Å². The highest BCUT2D eigenvalue weighted by Crippen LogP contribution is 2.30. The Hall–Kier alpha value is -1.71. The van der Waals surface area contributed by atoms with E-state index in [-0.39, 0.29) is 5.78 Å². The Labute approximate surface area is 136 Å². The third-order valence-corrected chi connectivity index (χ3v) is 4.74. The highest BCUT2D eigenvalue weighted by molar-refractivity contribution is 9.10. The maximum atomic E-state index is 12.8. The van der Waals surface area contributed by atoms with Gasteiger partial charge in [-0.3, -0.25) is 4.79 Å². The lowest BCUT2D eigenvalue weighted by Crippen LogP contribution is -2.03. The molecule has 0 bridgehead atoms. The second-order valence-electron chi connectivity index (χ2n) is 4.86. The average molecular weight is 357 g/mol. The fourth-order valence-electron chi connectivity index (χ4n) is 2.25. The monoisotopic (exact) mass is 356 g/mol. The molecule has 21 heavy (non-hydrogen) atoms. The van der Waals surface area contributed by atoms with Crippen molar-refractivity contribution in [3.8, 4) is 10.4 Å². The molecule has 0 atom stereocenters. The van der Waals surface area contributed by atoms with Gasteiger partial charge in [0.25, 0.3) is 0 Å². The summed E-state index contributed by atoms with van der Waals surface area (Å²) >= 11 is 5.05. The second kappa shape index (κ2) is 5.96. The number of benzene rings is 2. The molecule has 0 aliphatic rings. The molecular formula is C18H13BrOS. The van der Waals surface area contributed by atoms with Gasteiger partial charge in [0.15, 0.2) is 5.78 Å². The highest BCUT2D eigenvalue weighted by Gasteiger charge is 2.15. The number of halogens is 1. The van der Waals surface area contributed by atoms with Gasteiger partial charge in [-0.25, -0.2) is 0 Å². The summed E-state index contributed by atoms with van der Waals surface area (Å²) < 4.78 is 0.974. The molecule has 0 unspecified atom stereocenters. The number of hydrogen-bond acceptors (Lipinski definition) is 2. The van der Waals surface area contributed by atoms with Crippen LogP contribution < -0.4 is 0 Å². The minimum absolute atomic E-state index is 0.0644. The van der Waals surface area contributed by atoms with E-state index in [1.807, 2.05) is 66.9 Å². The normalized spacial score (nSPS) is 10.6. The molecular weight excluding hydrogens is 344 g/mol. The summed E-state index contributed by atoms with van der Waals surface area (Å²) in [6, 6.07) is 17.6. The van der Waals surface area contributed by atoms with Crippen molar-refractivity contribution in [3.63, 3.8) is 0 Å². The van der Waals surface area contributed by atoms with Crippen LogP contribution in [-0.2, 0) is 0 Å². The molecule has 1 aromatic heterocycles. The van der Waals surface area contributed by atoms with E-state index in [0.29, 0.717) is 5.56 Å². The number of aryl methyl sites for hydroxylation is 1. The van der Waals surface area contributed by atoms with Gasteiger partial charge in [-0.05, 0) is 48.7 Å². The number of rotatable bonds is 3. The van der Waals surface area contributed by atoms with E-state index in [1.165, 1.54) is 0 Å². The third kappa shape index (κ3) is 2.99. The first-order valence-electron chi connectivity index (χ1n) is 6.60. The number of hydrogen-bond donors (Lipinski definition) is 0. The zero-order chi connectivity index (χ0) is 14.8. The van der Waals surface area contributed by atoms with Gasteiger partial charge in [-0.2, -0.15) is 0 Å². The lowest BCUT2D eigenvalue weighted by molar-refractivity contribution is 0.103. The summed E-state index contributed by atoms with van der Waals surface area (Å²) in [4.78, 5) is 13.9. The molecule has 104 valence electrons. The first kappa shape index (κ1) is 14.2. The van der Waals surface area contributed by atoms with Gasteiger partial charge in [-0.15, -0.1) is 11.3 Å². The van der Waals surface area contributed by atoms with Crippen molar-refractivity contribution in [2.75, 3.05) is 0 Å². The molecule has 0 spiro atoms. The van der Waals surface area contributed by atoms with Gasteiger partial charge < -0.3 is 0 Å². The van der Waals surface area contributed by atoms with Crippen LogP contribution in [0.2, 0.25) is 0 Å². The predicted octanol–water partition coefficient (Wildman–Crippen LogP) is 5.72. The van der Waals surface area contributed by atoms with Crippen LogP contribution >= 0.6 is 27.3 Å². The van der Waals surface area contributed by atoms with E-state index in [9.17, 15) is 4.79 Å². The van der Waals surface area contributed by atoms with Gasteiger partial charge >= 0.3 is 0 Å². The Balaban J connectivity index is 2.11. The van der Waals surface area contributed by atoms with E-state index < -0.39 is 0 Å².